The summed E-state index contributed by atoms with van der Waals surface area (Å²) in [6.07, 6.45) is -0.0376. The van der Waals surface area contributed by atoms with Gasteiger partial charge in [0.1, 0.15) is 5.75 Å². The molecule has 0 aliphatic carbocycles. The third-order valence-electron chi connectivity index (χ3n) is 4.51. The second-order valence-electron chi connectivity index (χ2n) is 6.59. The molecule has 0 radical (unpaired) electrons. The van der Waals surface area contributed by atoms with Crippen molar-refractivity contribution in [1.82, 2.24) is 15.1 Å². The monoisotopic (exact) mass is 383 g/mol. The van der Waals surface area contributed by atoms with E-state index in [0.717, 1.165) is 11.3 Å². The van der Waals surface area contributed by atoms with Crippen molar-refractivity contribution in [2.24, 2.45) is 0 Å². The summed E-state index contributed by atoms with van der Waals surface area (Å²) in [5.74, 6) is 0.857. The van der Waals surface area contributed by atoms with Gasteiger partial charge in [-0.2, -0.15) is 0 Å². The summed E-state index contributed by atoms with van der Waals surface area (Å²) >= 11 is 0. The van der Waals surface area contributed by atoms with Crippen LogP contribution in [0.4, 0.5) is 0 Å². The first-order valence-electron chi connectivity index (χ1n) is 8.87. The van der Waals surface area contributed by atoms with Gasteiger partial charge in [-0.1, -0.05) is 17.7 Å². The highest BCUT2D eigenvalue weighted by atomic mass is 35.5. The number of aryl methyl sites for hydroxylation is 2. The van der Waals surface area contributed by atoms with E-state index < -0.39 is 6.10 Å². The zero-order valence-corrected chi connectivity index (χ0v) is 16.9. The van der Waals surface area contributed by atoms with E-state index in [4.69, 9.17) is 4.74 Å². The number of ether oxygens (including phenoxy) is 1. The number of carbonyl (C=O) groups is 2. The van der Waals surface area contributed by atoms with Gasteiger partial charge in [0.25, 0.3) is 5.91 Å². The van der Waals surface area contributed by atoms with Gasteiger partial charge >= 0.3 is 0 Å². The molecule has 0 aromatic heterocycles. The minimum atomic E-state index is -0.534. The summed E-state index contributed by atoms with van der Waals surface area (Å²) in [5.41, 5.74) is 2.20. The van der Waals surface area contributed by atoms with Crippen LogP contribution in [0.15, 0.2) is 18.2 Å². The molecule has 1 heterocycles. The van der Waals surface area contributed by atoms with Crippen molar-refractivity contribution in [3.05, 3.63) is 29.3 Å². The van der Waals surface area contributed by atoms with Gasteiger partial charge in [-0.3, -0.25) is 9.59 Å². The molecule has 2 amide bonds. The maximum atomic E-state index is 12.6. The molecule has 1 atom stereocenters. The Morgan fingerprint density at radius 3 is 2.35 bits per heavy atom. The Morgan fingerprint density at radius 1 is 1.15 bits per heavy atom. The third-order valence-corrected chi connectivity index (χ3v) is 4.51. The molecule has 1 N–H and O–H groups in total. The first-order valence-corrected chi connectivity index (χ1v) is 8.87. The van der Waals surface area contributed by atoms with Crippen LogP contribution >= 0.6 is 12.4 Å². The van der Waals surface area contributed by atoms with Crippen molar-refractivity contribution >= 4 is 24.2 Å². The van der Waals surface area contributed by atoms with E-state index in [9.17, 15) is 9.59 Å². The number of nitrogens with one attached hydrogen (secondary N) is 1. The van der Waals surface area contributed by atoms with E-state index in [-0.39, 0.29) is 24.2 Å². The lowest BCUT2D eigenvalue weighted by molar-refractivity contribution is -0.143. The number of carbonyl (C=O) groups excluding carboxylic acids is 2. The quantitative estimate of drug-likeness (QED) is 0.813. The van der Waals surface area contributed by atoms with Gasteiger partial charge in [-0.05, 0) is 39.4 Å². The lowest BCUT2D eigenvalue weighted by atomic mass is 10.1. The Balaban J connectivity index is 0.00000338. The number of piperazine rings is 1. The largest absolute Gasteiger partial charge is 0.481 e. The fourth-order valence-electron chi connectivity index (χ4n) is 3.00. The minimum absolute atomic E-state index is 0. The predicted octanol–water partition coefficient (Wildman–Crippen LogP) is 1.77. The van der Waals surface area contributed by atoms with E-state index in [1.807, 2.05) is 44.0 Å². The molecule has 0 bridgehead atoms. The summed E-state index contributed by atoms with van der Waals surface area (Å²) in [6, 6.07) is 5.93. The zero-order valence-electron chi connectivity index (χ0n) is 16.1. The highest BCUT2D eigenvalue weighted by molar-refractivity contribution is 5.85. The number of hydrogen-bond acceptors (Lipinski definition) is 4. The molecule has 1 fully saturated rings. The molecule has 1 aromatic carbocycles. The van der Waals surface area contributed by atoms with Crippen molar-refractivity contribution in [3.8, 4) is 5.75 Å². The molecule has 6 nitrogen and oxygen atoms in total. The molecule has 1 unspecified atom stereocenters. The molecule has 0 spiro atoms. The molecule has 2 rings (SSSR count). The van der Waals surface area contributed by atoms with Crippen LogP contribution in [-0.4, -0.2) is 67.5 Å². The summed E-state index contributed by atoms with van der Waals surface area (Å²) in [4.78, 5) is 28.3. The molecular weight excluding hydrogens is 354 g/mol. The number of nitrogens with zero attached hydrogens (tertiary/aromatic N) is 2. The average Bonchev–Trinajstić information content (AvgIpc) is 2.61. The van der Waals surface area contributed by atoms with Crippen LogP contribution in [0.1, 0.15) is 24.5 Å². The SMILES string of the molecule is CNCCC(=O)N1CCN(C(=O)C(C)Oc2ccc(C)cc2C)CC1.Cl. The van der Waals surface area contributed by atoms with Crippen LogP contribution in [-0.2, 0) is 9.59 Å². The third kappa shape index (κ3) is 5.88. The maximum absolute atomic E-state index is 12.6. The van der Waals surface area contributed by atoms with Crippen molar-refractivity contribution in [2.45, 2.75) is 33.3 Å². The first kappa shape index (κ1) is 22.3. The van der Waals surface area contributed by atoms with E-state index in [0.29, 0.717) is 39.1 Å². The van der Waals surface area contributed by atoms with Gasteiger partial charge in [-0.15, -0.1) is 12.4 Å². The Kier molecular flexibility index (Phi) is 8.88. The van der Waals surface area contributed by atoms with Gasteiger partial charge in [0, 0.05) is 39.1 Å². The molecule has 1 aromatic rings. The summed E-state index contributed by atoms with van der Waals surface area (Å²) in [6.45, 7) is 8.77. The summed E-state index contributed by atoms with van der Waals surface area (Å²) < 4.78 is 5.86. The maximum Gasteiger partial charge on any atom is 0.263 e. The van der Waals surface area contributed by atoms with Gasteiger partial charge in [-0.25, -0.2) is 0 Å². The van der Waals surface area contributed by atoms with Crippen LogP contribution in [0.2, 0.25) is 0 Å². The van der Waals surface area contributed by atoms with E-state index in [2.05, 4.69) is 5.32 Å². The zero-order chi connectivity index (χ0) is 18.4. The Bertz CT molecular complexity index is 616. The van der Waals surface area contributed by atoms with Crippen molar-refractivity contribution in [3.63, 3.8) is 0 Å². The molecule has 26 heavy (non-hydrogen) atoms. The highest BCUT2D eigenvalue weighted by Crippen LogP contribution is 2.20. The molecule has 1 saturated heterocycles. The van der Waals surface area contributed by atoms with Crippen LogP contribution in [0, 0.1) is 13.8 Å². The summed E-state index contributed by atoms with van der Waals surface area (Å²) in [7, 11) is 1.83. The van der Waals surface area contributed by atoms with Crippen molar-refractivity contribution in [2.75, 3.05) is 39.8 Å². The molecular formula is C19H30ClN3O3. The summed E-state index contributed by atoms with van der Waals surface area (Å²) in [5, 5.41) is 2.98. The smallest absolute Gasteiger partial charge is 0.263 e. The van der Waals surface area contributed by atoms with Crippen molar-refractivity contribution < 1.29 is 14.3 Å². The van der Waals surface area contributed by atoms with Gasteiger partial charge in [0.15, 0.2) is 6.10 Å². The average molecular weight is 384 g/mol. The van der Waals surface area contributed by atoms with Gasteiger partial charge in [0.2, 0.25) is 5.91 Å². The fourth-order valence-corrected chi connectivity index (χ4v) is 3.00. The highest BCUT2D eigenvalue weighted by Gasteiger charge is 2.27. The Hall–Kier alpha value is -1.79. The second-order valence-corrected chi connectivity index (χ2v) is 6.59. The van der Waals surface area contributed by atoms with E-state index in [1.165, 1.54) is 5.56 Å². The molecule has 0 saturated carbocycles. The standard InChI is InChI=1S/C19H29N3O3.ClH/c1-14-5-6-17(15(2)13-14)25-16(3)19(24)22-11-9-21(10-12-22)18(23)7-8-20-4;/h5-6,13,16,20H,7-12H2,1-4H3;1H. The van der Waals surface area contributed by atoms with E-state index >= 15 is 0 Å². The lowest BCUT2D eigenvalue weighted by Gasteiger charge is -2.36. The van der Waals surface area contributed by atoms with Gasteiger partial charge in [0.05, 0.1) is 0 Å². The van der Waals surface area contributed by atoms with Crippen LogP contribution in [0.5, 0.6) is 5.75 Å². The predicted molar refractivity (Wildman–Crippen MR) is 105 cm³/mol. The fraction of sp³-hybridized carbons (Fsp3) is 0.579. The Morgan fingerprint density at radius 2 is 1.77 bits per heavy atom. The van der Waals surface area contributed by atoms with Crippen LogP contribution < -0.4 is 10.1 Å². The normalized spacial score (nSPS) is 15.2. The number of benzene rings is 1. The number of halogens is 1. The van der Waals surface area contributed by atoms with Gasteiger partial charge < -0.3 is 19.9 Å². The lowest BCUT2D eigenvalue weighted by Crippen LogP contribution is -2.53. The number of amides is 2. The van der Waals surface area contributed by atoms with Crippen molar-refractivity contribution in [1.29, 1.82) is 0 Å². The van der Waals surface area contributed by atoms with Crippen LogP contribution in [0.25, 0.3) is 0 Å². The minimum Gasteiger partial charge on any atom is -0.481 e. The number of hydrogen-bond donors (Lipinski definition) is 1. The molecule has 7 heteroatoms. The molecule has 146 valence electrons. The van der Waals surface area contributed by atoms with Crippen LogP contribution in [0.3, 0.4) is 0 Å². The van der Waals surface area contributed by atoms with E-state index in [1.54, 1.807) is 11.8 Å². The Labute approximate surface area is 162 Å². The number of rotatable bonds is 6. The topological polar surface area (TPSA) is 61.9 Å². The molecule has 1 aliphatic rings. The second kappa shape index (κ2) is 10.4. The first-order chi connectivity index (χ1) is 11.9. The molecule has 1 aliphatic heterocycles.